The smallest absolute Gasteiger partial charge is 0.239 e. The molecule has 0 atom stereocenters. The van der Waals surface area contributed by atoms with E-state index in [1.807, 2.05) is 0 Å². The molecule has 1 aliphatic carbocycles. The van der Waals surface area contributed by atoms with Gasteiger partial charge in [0.2, 0.25) is 5.88 Å². The van der Waals surface area contributed by atoms with Crippen LogP contribution in [0.15, 0.2) is 6.20 Å². The highest BCUT2D eigenvalue weighted by molar-refractivity contribution is 5.89. The molecular formula is C10H12N4O. The number of nitrogens with two attached hydrogens (primary N) is 1. The zero-order chi connectivity index (χ0) is 10.4. The third-order valence-electron chi connectivity index (χ3n) is 2.69. The molecule has 0 unspecified atom stereocenters. The van der Waals surface area contributed by atoms with E-state index in [4.69, 9.17) is 10.5 Å². The molecule has 15 heavy (non-hydrogen) atoms. The lowest BCUT2D eigenvalue weighted by Crippen LogP contribution is -1.93. The van der Waals surface area contributed by atoms with E-state index in [1.54, 1.807) is 13.3 Å². The fourth-order valence-corrected chi connectivity index (χ4v) is 1.71. The summed E-state index contributed by atoms with van der Waals surface area (Å²) in [5.41, 5.74) is 7.98. The number of H-pyrrole nitrogens is 1. The molecular weight excluding hydrogens is 192 g/mol. The summed E-state index contributed by atoms with van der Waals surface area (Å²) in [6, 6.07) is 0. The van der Waals surface area contributed by atoms with E-state index in [2.05, 4.69) is 15.0 Å². The number of pyridine rings is 1. The summed E-state index contributed by atoms with van der Waals surface area (Å²) < 4.78 is 5.16. The van der Waals surface area contributed by atoms with Crippen molar-refractivity contribution >= 4 is 16.7 Å². The van der Waals surface area contributed by atoms with Crippen molar-refractivity contribution in [2.24, 2.45) is 0 Å². The molecule has 0 spiro atoms. The third kappa shape index (κ3) is 1.23. The van der Waals surface area contributed by atoms with Crippen LogP contribution >= 0.6 is 0 Å². The van der Waals surface area contributed by atoms with E-state index < -0.39 is 0 Å². The van der Waals surface area contributed by atoms with Crippen molar-refractivity contribution in [3.05, 3.63) is 12.0 Å². The Morgan fingerprint density at radius 1 is 1.53 bits per heavy atom. The minimum atomic E-state index is 0.554. The number of anilines is 1. The predicted octanol–water partition coefficient (Wildman–Crippen LogP) is 1.43. The number of nitrogen functional groups attached to an aromatic ring is 1. The molecule has 1 fully saturated rings. The minimum Gasteiger partial charge on any atom is -0.479 e. The number of aromatic amines is 1. The van der Waals surface area contributed by atoms with Crippen molar-refractivity contribution in [1.82, 2.24) is 15.0 Å². The Morgan fingerprint density at radius 3 is 3.00 bits per heavy atom. The van der Waals surface area contributed by atoms with Crippen LogP contribution in [0.3, 0.4) is 0 Å². The molecule has 3 rings (SSSR count). The molecule has 1 aliphatic rings. The second-order valence-corrected chi connectivity index (χ2v) is 3.84. The summed E-state index contributed by atoms with van der Waals surface area (Å²) in [5, 5.41) is 0. The molecule has 2 aromatic rings. The SMILES string of the molecule is COc1ncc(N)c2nc(C3CC3)[nH]c12. The number of methoxy groups -OCH3 is 1. The van der Waals surface area contributed by atoms with Gasteiger partial charge in [0.25, 0.3) is 0 Å². The maximum Gasteiger partial charge on any atom is 0.239 e. The van der Waals surface area contributed by atoms with E-state index in [9.17, 15) is 0 Å². The predicted molar refractivity (Wildman–Crippen MR) is 56.8 cm³/mol. The van der Waals surface area contributed by atoms with Gasteiger partial charge in [0.15, 0.2) is 0 Å². The van der Waals surface area contributed by atoms with Crippen molar-refractivity contribution < 1.29 is 4.74 Å². The van der Waals surface area contributed by atoms with Gasteiger partial charge < -0.3 is 15.5 Å². The third-order valence-corrected chi connectivity index (χ3v) is 2.69. The van der Waals surface area contributed by atoms with Crippen molar-refractivity contribution in [2.45, 2.75) is 18.8 Å². The van der Waals surface area contributed by atoms with Gasteiger partial charge in [-0.1, -0.05) is 0 Å². The Bertz CT molecular complexity index is 515. The van der Waals surface area contributed by atoms with Crippen LogP contribution in [0.1, 0.15) is 24.6 Å². The first kappa shape index (κ1) is 8.52. The second-order valence-electron chi connectivity index (χ2n) is 3.84. The van der Waals surface area contributed by atoms with E-state index >= 15 is 0 Å². The number of fused-ring (bicyclic) bond motifs is 1. The number of ether oxygens (including phenoxy) is 1. The highest BCUT2D eigenvalue weighted by atomic mass is 16.5. The van der Waals surface area contributed by atoms with Crippen molar-refractivity contribution in [3.8, 4) is 5.88 Å². The largest absolute Gasteiger partial charge is 0.479 e. The quantitative estimate of drug-likeness (QED) is 0.775. The molecule has 0 bridgehead atoms. The Morgan fingerprint density at radius 2 is 2.33 bits per heavy atom. The number of imidazole rings is 1. The summed E-state index contributed by atoms with van der Waals surface area (Å²) in [4.78, 5) is 11.8. The van der Waals surface area contributed by atoms with Crippen LogP contribution in [0.5, 0.6) is 5.88 Å². The van der Waals surface area contributed by atoms with Crippen LogP contribution in [0.4, 0.5) is 5.69 Å². The molecule has 78 valence electrons. The maximum atomic E-state index is 5.81. The van der Waals surface area contributed by atoms with Crippen LogP contribution in [0, 0.1) is 0 Å². The molecule has 2 heterocycles. The van der Waals surface area contributed by atoms with Crippen LogP contribution in [-0.4, -0.2) is 22.1 Å². The Labute approximate surface area is 86.7 Å². The summed E-state index contributed by atoms with van der Waals surface area (Å²) in [5.74, 6) is 2.13. The lowest BCUT2D eigenvalue weighted by Gasteiger charge is -2.00. The van der Waals surface area contributed by atoms with Crippen molar-refractivity contribution in [3.63, 3.8) is 0 Å². The fourth-order valence-electron chi connectivity index (χ4n) is 1.71. The van der Waals surface area contributed by atoms with E-state index in [0.29, 0.717) is 17.5 Å². The number of nitrogens with one attached hydrogen (secondary N) is 1. The molecule has 0 saturated heterocycles. The van der Waals surface area contributed by atoms with Crippen molar-refractivity contribution in [1.29, 1.82) is 0 Å². The normalized spacial score (nSPS) is 15.8. The van der Waals surface area contributed by atoms with Crippen LogP contribution < -0.4 is 10.5 Å². The van der Waals surface area contributed by atoms with Crippen LogP contribution in [0.25, 0.3) is 11.0 Å². The first-order chi connectivity index (χ1) is 7.29. The first-order valence-electron chi connectivity index (χ1n) is 4.97. The highest BCUT2D eigenvalue weighted by Gasteiger charge is 2.27. The van der Waals surface area contributed by atoms with Gasteiger partial charge in [-0.3, -0.25) is 0 Å². The van der Waals surface area contributed by atoms with E-state index in [-0.39, 0.29) is 0 Å². The van der Waals surface area contributed by atoms with Crippen LogP contribution in [0.2, 0.25) is 0 Å². The minimum absolute atomic E-state index is 0.554. The lowest BCUT2D eigenvalue weighted by atomic mass is 10.3. The topological polar surface area (TPSA) is 76.8 Å². The number of rotatable bonds is 2. The Hall–Kier alpha value is -1.78. The Kier molecular flexibility index (Phi) is 1.62. The summed E-state index contributed by atoms with van der Waals surface area (Å²) in [7, 11) is 1.59. The van der Waals surface area contributed by atoms with Gasteiger partial charge in [0.1, 0.15) is 16.9 Å². The van der Waals surface area contributed by atoms with Gasteiger partial charge in [-0.2, -0.15) is 0 Å². The molecule has 0 radical (unpaired) electrons. The van der Waals surface area contributed by atoms with Gasteiger partial charge in [0.05, 0.1) is 19.0 Å². The number of hydrogen-bond acceptors (Lipinski definition) is 4. The van der Waals surface area contributed by atoms with E-state index in [1.165, 1.54) is 12.8 Å². The zero-order valence-corrected chi connectivity index (χ0v) is 8.45. The lowest BCUT2D eigenvalue weighted by molar-refractivity contribution is 0.402. The molecule has 5 nitrogen and oxygen atoms in total. The van der Waals surface area contributed by atoms with Crippen molar-refractivity contribution in [2.75, 3.05) is 12.8 Å². The number of aromatic nitrogens is 3. The maximum absolute atomic E-state index is 5.81. The summed E-state index contributed by atoms with van der Waals surface area (Å²) >= 11 is 0. The number of hydrogen-bond donors (Lipinski definition) is 2. The highest BCUT2D eigenvalue weighted by Crippen LogP contribution is 2.40. The zero-order valence-electron chi connectivity index (χ0n) is 8.45. The fraction of sp³-hybridized carbons (Fsp3) is 0.400. The van der Waals surface area contributed by atoms with Gasteiger partial charge in [-0.05, 0) is 12.8 Å². The van der Waals surface area contributed by atoms with E-state index in [0.717, 1.165) is 16.9 Å². The average Bonchev–Trinajstić information content (AvgIpc) is 2.99. The van der Waals surface area contributed by atoms with Gasteiger partial charge in [-0.15, -0.1) is 0 Å². The molecule has 1 saturated carbocycles. The second kappa shape index (κ2) is 2.85. The first-order valence-corrected chi connectivity index (χ1v) is 4.97. The molecule has 0 aliphatic heterocycles. The van der Waals surface area contributed by atoms with Gasteiger partial charge >= 0.3 is 0 Å². The molecule has 2 aromatic heterocycles. The molecule has 0 aromatic carbocycles. The molecule has 3 N–H and O–H groups in total. The Balaban J connectivity index is 2.25. The average molecular weight is 204 g/mol. The summed E-state index contributed by atoms with van der Waals surface area (Å²) in [6.45, 7) is 0. The molecule has 0 amide bonds. The standard InChI is InChI=1S/C10H12N4O/c1-15-10-8-7(6(11)4-12-10)13-9(14-8)5-2-3-5/h4-5H,2-3,11H2,1H3,(H,13,14). The van der Waals surface area contributed by atoms with Gasteiger partial charge in [-0.25, -0.2) is 9.97 Å². The van der Waals surface area contributed by atoms with Gasteiger partial charge in [0, 0.05) is 5.92 Å². The number of nitrogens with zero attached hydrogens (tertiary/aromatic N) is 2. The summed E-state index contributed by atoms with van der Waals surface area (Å²) in [6.07, 6.45) is 3.99. The molecule has 5 heteroatoms. The van der Waals surface area contributed by atoms with Crippen LogP contribution in [-0.2, 0) is 0 Å². The monoisotopic (exact) mass is 204 g/mol.